The standard InChI is InChI=1S/C18H30ClN5O.HI/c1-4-20-18(23(3)11-16-8-14(19)10-22(16)2)21-9-17-12-24-7-5-6-15(24)13-25-17;/h8,10,15,17H,4-7,9,11-13H2,1-3H3,(H,20,21);1H. The number of morpholine rings is 1. The summed E-state index contributed by atoms with van der Waals surface area (Å²) in [5, 5.41) is 4.15. The number of ether oxygens (including phenoxy) is 1. The first kappa shape index (κ1) is 21.8. The summed E-state index contributed by atoms with van der Waals surface area (Å²) >= 11 is 6.09. The fourth-order valence-corrected chi connectivity index (χ4v) is 3.97. The Morgan fingerprint density at radius 2 is 2.31 bits per heavy atom. The van der Waals surface area contributed by atoms with E-state index in [1.807, 2.05) is 19.3 Å². The summed E-state index contributed by atoms with van der Waals surface area (Å²) in [6.07, 6.45) is 4.70. The lowest BCUT2D eigenvalue weighted by Gasteiger charge is -2.34. The molecule has 0 aromatic carbocycles. The molecule has 2 fully saturated rings. The van der Waals surface area contributed by atoms with Gasteiger partial charge in [0.25, 0.3) is 0 Å². The van der Waals surface area contributed by atoms with Crippen molar-refractivity contribution in [3.63, 3.8) is 0 Å². The van der Waals surface area contributed by atoms with Crippen LogP contribution in [0, 0.1) is 0 Å². The predicted octanol–water partition coefficient (Wildman–Crippen LogP) is 2.56. The SMILES string of the molecule is CCNC(=NCC1CN2CCCC2CO1)N(C)Cc1cc(Cl)cn1C.I. The summed E-state index contributed by atoms with van der Waals surface area (Å²) in [6, 6.07) is 2.64. The Morgan fingerprint density at radius 1 is 1.50 bits per heavy atom. The van der Waals surface area contributed by atoms with Gasteiger partial charge in [0.2, 0.25) is 0 Å². The van der Waals surface area contributed by atoms with Crippen LogP contribution in [0.25, 0.3) is 0 Å². The van der Waals surface area contributed by atoms with E-state index in [0.29, 0.717) is 12.6 Å². The number of hydrogen-bond acceptors (Lipinski definition) is 3. The molecule has 3 rings (SSSR count). The normalized spacial score (nSPS) is 23.5. The van der Waals surface area contributed by atoms with Gasteiger partial charge in [-0.2, -0.15) is 0 Å². The molecule has 3 heterocycles. The van der Waals surface area contributed by atoms with E-state index in [1.54, 1.807) is 0 Å². The molecule has 0 amide bonds. The van der Waals surface area contributed by atoms with E-state index in [4.69, 9.17) is 21.3 Å². The smallest absolute Gasteiger partial charge is 0.194 e. The third kappa shape index (κ3) is 5.50. The van der Waals surface area contributed by atoms with Gasteiger partial charge in [-0.05, 0) is 32.4 Å². The van der Waals surface area contributed by atoms with Crippen LogP contribution in [0.3, 0.4) is 0 Å². The molecule has 0 bridgehead atoms. The van der Waals surface area contributed by atoms with E-state index in [1.165, 1.54) is 19.4 Å². The molecule has 26 heavy (non-hydrogen) atoms. The third-order valence-electron chi connectivity index (χ3n) is 5.08. The number of fused-ring (bicyclic) bond motifs is 1. The minimum Gasteiger partial charge on any atom is -0.373 e. The molecule has 1 aromatic rings. The summed E-state index contributed by atoms with van der Waals surface area (Å²) in [4.78, 5) is 9.52. The molecular weight excluding hydrogens is 465 g/mol. The molecule has 0 aliphatic carbocycles. The maximum absolute atomic E-state index is 6.09. The second kappa shape index (κ2) is 10.1. The van der Waals surface area contributed by atoms with Crippen molar-refractivity contribution in [2.45, 2.75) is 38.5 Å². The van der Waals surface area contributed by atoms with Gasteiger partial charge in [0, 0.05) is 45.1 Å². The van der Waals surface area contributed by atoms with Crippen LogP contribution in [0.4, 0.5) is 0 Å². The number of nitrogens with zero attached hydrogens (tertiary/aromatic N) is 4. The number of guanidine groups is 1. The molecular formula is C18H31ClIN5O. The Morgan fingerprint density at radius 3 is 3.00 bits per heavy atom. The van der Waals surface area contributed by atoms with E-state index >= 15 is 0 Å². The molecule has 2 unspecified atom stereocenters. The zero-order chi connectivity index (χ0) is 17.8. The fraction of sp³-hybridized carbons (Fsp3) is 0.722. The minimum absolute atomic E-state index is 0. The molecule has 2 aliphatic heterocycles. The van der Waals surface area contributed by atoms with Crippen molar-refractivity contribution >= 4 is 41.5 Å². The number of aryl methyl sites for hydroxylation is 1. The minimum atomic E-state index is 0. The average Bonchev–Trinajstić information content (AvgIpc) is 3.17. The molecule has 2 atom stereocenters. The van der Waals surface area contributed by atoms with E-state index in [0.717, 1.165) is 42.9 Å². The largest absolute Gasteiger partial charge is 0.373 e. The third-order valence-corrected chi connectivity index (χ3v) is 5.28. The number of hydrogen-bond donors (Lipinski definition) is 1. The summed E-state index contributed by atoms with van der Waals surface area (Å²) in [7, 11) is 4.07. The zero-order valence-corrected chi connectivity index (χ0v) is 19.0. The molecule has 2 saturated heterocycles. The van der Waals surface area contributed by atoms with Gasteiger partial charge in [-0.15, -0.1) is 24.0 Å². The monoisotopic (exact) mass is 495 g/mol. The predicted molar refractivity (Wildman–Crippen MR) is 118 cm³/mol. The van der Waals surface area contributed by atoms with Gasteiger partial charge in [0.15, 0.2) is 5.96 Å². The highest BCUT2D eigenvalue weighted by Gasteiger charge is 2.32. The molecule has 1 aromatic heterocycles. The molecule has 0 radical (unpaired) electrons. The highest BCUT2D eigenvalue weighted by molar-refractivity contribution is 14.0. The fourth-order valence-electron chi connectivity index (χ4n) is 3.70. The summed E-state index contributed by atoms with van der Waals surface area (Å²) in [5.74, 6) is 0.909. The summed E-state index contributed by atoms with van der Waals surface area (Å²) in [5.41, 5.74) is 1.16. The van der Waals surface area contributed by atoms with E-state index in [9.17, 15) is 0 Å². The van der Waals surface area contributed by atoms with Crippen LogP contribution < -0.4 is 5.32 Å². The Hall–Kier alpha value is -0.510. The lowest BCUT2D eigenvalue weighted by atomic mass is 10.2. The van der Waals surface area contributed by atoms with Crippen molar-refractivity contribution < 1.29 is 4.74 Å². The van der Waals surface area contributed by atoms with Gasteiger partial charge in [-0.25, -0.2) is 0 Å². The Kier molecular flexibility index (Phi) is 8.50. The number of nitrogens with one attached hydrogen (secondary N) is 1. The highest BCUT2D eigenvalue weighted by atomic mass is 127. The maximum Gasteiger partial charge on any atom is 0.194 e. The molecule has 6 nitrogen and oxygen atoms in total. The summed E-state index contributed by atoms with van der Waals surface area (Å²) in [6.45, 7) is 7.46. The molecule has 2 aliphatic rings. The second-order valence-electron chi connectivity index (χ2n) is 7.06. The Balaban J connectivity index is 0.00000243. The zero-order valence-electron chi connectivity index (χ0n) is 15.9. The van der Waals surface area contributed by atoms with Crippen molar-refractivity contribution in [1.29, 1.82) is 0 Å². The number of aliphatic imine (C=N–C) groups is 1. The molecule has 148 valence electrons. The molecule has 8 heteroatoms. The lowest BCUT2D eigenvalue weighted by molar-refractivity contribution is -0.0432. The van der Waals surface area contributed by atoms with E-state index in [-0.39, 0.29) is 30.1 Å². The first-order valence-electron chi connectivity index (χ1n) is 9.22. The summed E-state index contributed by atoms with van der Waals surface area (Å²) < 4.78 is 8.08. The Bertz CT molecular complexity index is 608. The van der Waals surface area contributed by atoms with E-state index < -0.39 is 0 Å². The lowest BCUT2D eigenvalue weighted by Crippen LogP contribution is -2.47. The molecule has 1 N–H and O–H groups in total. The van der Waals surface area contributed by atoms with Gasteiger partial charge in [-0.3, -0.25) is 9.89 Å². The van der Waals surface area contributed by atoms with Crippen LogP contribution in [0.15, 0.2) is 17.3 Å². The van der Waals surface area contributed by atoms with Crippen LogP contribution in [-0.4, -0.2) is 72.3 Å². The number of aromatic nitrogens is 1. The van der Waals surface area contributed by atoms with Crippen LogP contribution >= 0.6 is 35.6 Å². The van der Waals surface area contributed by atoms with Crippen LogP contribution in [0.1, 0.15) is 25.5 Å². The van der Waals surface area contributed by atoms with Crippen molar-refractivity contribution in [2.24, 2.45) is 12.0 Å². The van der Waals surface area contributed by atoms with Gasteiger partial charge >= 0.3 is 0 Å². The van der Waals surface area contributed by atoms with Crippen molar-refractivity contribution in [3.8, 4) is 0 Å². The molecule has 0 saturated carbocycles. The van der Waals surface area contributed by atoms with Gasteiger partial charge < -0.3 is 19.5 Å². The van der Waals surface area contributed by atoms with Crippen LogP contribution in [0.2, 0.25) is 5.02 Å². The Labute approximate surface area is 178 Å². The van der Waals surface area contributed by atoms with Gasteiger partial charge in [0.05, 0.1) is 30.8 Å². The van der Waals surface area contributed by atoms with Crippen molar-refractivity contribution in [3.05, 3.63) is 23.0 Å². The topological polar surface area (TPSA) is 45.0 Å². The maximum atomic E-state index is 6.09. The van der Waals surface area contributed by atoms with Crippen molar-refractivity contribution in [2.75, 3.05) is 39.8 Å². The number of halogens is 2. The van der Waals surface area contributed by atoms with Crippen LogP contribution in [0.5, 0.6) is 0 Å². The number of rotatable bonds is 5. The first-order chi connectivity index (χ1) is 12.1. The van der Waals surface area contributed by atoms with E-state index in [2.05, 4.69) is 33.7 Å². The molecule has 0 spiro atoms. The van der Waals surface area contributed by atoms with Gasteiger partial charge in [0.1, 0.15) is 0 Å². The highest BCUT2D eigenvalue weighted by Crippen LogP contribution is 2.22. The van der Waals surface area contributed by atoms with Gasteiger partial charge in [-0.1, -0.05) is 11.6 Å². The second-order valence-corrected chi connectivity index (χ2v) is 7.49. The van der Waals surface area contributed by atoms with Crippen LogP contribution in [-0.2, 0) is 18.3 Å². The average molecular weight is 496 g/mol. The first-order valence-corrected chi connectivity index (χ1v) is 9.60. The van der Waals surface area contributed by atoms with Crippen molar-refractivity contribution in [1.82, 2.24) is 19.7 Å². The quantitative estimate of drug-likeness (QED) is 0.387.